The predicted molar refractivity (Wildman–Crippen MR) is 72.9 cm³/mol. The van der Waals surface area contributed by atoms with Gasteiger partial charge in [-0.15, -0.1) is 0 Å². The van der Waals surface area contributed by atoms with Crippen molar-refractivity contribution in [3.63, 3.8) is 0 Å². The number of nitro groups is 1. The summed E-state index contributed by atoms with van der Waals surface area (Å²) in [5.74, 6) is -0.822. The molecule has 1 unspecified atom stereocenters. The summed E-state index contributed by atoms with van der Waals surface area (Å²) in [6.07, 6.45) is 2.60. The van der Waals surface area contributed by atoms with Gasteiger partial charge >= 0.3 is 11.7 Å². The first-order valence-electron chi connectivity index (χ1n) is 5.50. The molecule has 0 aliphatic heterocycles. The van der Waals surface area contributed by atoms with E-state index in [9.17, 15) is 14.9 Å². The van der Waals surface area contributed by atoms with E-state index >= 15 is 0 Å². The molecule has 0 bridgehead atoms. The number of hydrogen-bond donors (Lipinski definition) is 1. The zero-order chi connectivity index (χ0) is 14.6. The molecule has 0 amide bonds. The Morgan fingerprint density at radius 1 is 1.53 bits per heavy atom. The number of ether oxygens (including phenoxy) is 1. The lowest BCUT2D eigenvalue weighted by molar-refractivity contribution is -0.384. The van der Waals surface area contributed by atoms with E-state index in [1.165, 1.54) is 13.3 Å². The molecule has 1 aromatic heterocycles. The van der Waals surface area contributed by atoms with Gasteiger partial charge in [-0.3, -0.25) is 19.9 Å². The highest BCUT2D eigenvalue weighted by molar-refractivity contribution is 9.10. The van der Waals surface area contributed by atoms with Gasteiger partial charge in [-0.25, -0.2) is 0 Å². The van der Waals surface area contributed by atoms with Crippen molar-refractivity contribution in [3.8, 4) is 0 Å². The van der Waals surface area contributed by atoms with Gasteiger partial charge in [0.25, 0.3) is 0 Å². The summed E-state index contributed by atoms with van der Waals surface area (Å²) in [5.41, 5.74) is 0.140. The van der Waals surface area contributed by atoms with Crippen molar-refractivity contribution in [1.29, 1.82) is 0 Å². The Morgan fingerprint density at radius 2 is 2.16 bits per heavy atom. The fourth-order valence-corrected chi connectivity index (χ4v) is 1.88. The van der Waals surface area contributed by atoms with Gasteiger partial charge in [0.05, 0.1) is 22.4 Å². The molecule has 0 aliphatic carbocycles. The van der Waals surface area contributed by atoms with Crippen LogP contribution in [-0.4, -0.2) is 29.0 Å². The van der Waals surface area contributed by atoms with Gasteiger partial charge in [-0.2, -0.15) is 0 Å². The molecule has 0 aromatic carbocycles. The van der Waals surface area contributed by atoms with E-state index < -0.39 is 10.8 Å². The predicted octanol–water partition coefficient (Wildman–Crippen LogP) is 2.36. The number of aromatic nitrogens is 1. The Bertz CT molecular complexity index is 495. The van der Waals surface area contributed by atoms with E-state index in [1.54, 1.807) is 13.8 Å². The Hall–Kier alpha value is -1.70. The SMILES string of the molecule is COC(=O)[C@H](C)C(C)Nc1c(Br)cncc1[N+](=O)[O-]. The smallest absolute Gasteiger partial charge is 0.311 e. The molecule has 1 aromatic rings. The van der Waals surface area contributed by atoms with Crippen LogP contribution in [-0.2, 0) is 9.53 Å². The number of nitrogens with zero attached hydrogens (tertiary/aromatic N) is 2. The van der Waals surface area contributed by atoms with Crippen LogP contribution in [0.3, 0.4) is 0 Å². The van der Waals surface area contributed by atoms with Crippen molar-refractivity contribution in [2.24, 2.45) is 5.92 Å². The molecule has 7 nitrogen and oxygen atoms in total. The molecule has 0 saturated heterocycles. The van der Waals surface area contributed by atoms with Crippen LogP contribution in [0.5, 0.6) is 0 Å². The van der Waals surface area contributed by atoms with Gasteiger partial charge in [0.2, 0.25) is 0 Å². The second-order valence-electron chi connectivity index (χ2n) is 4.02. The molecule has 0 radical (unpaired) electrons. The fourth-order valence-electron chi connectivity index (χ4n) is 1.45. The normalized spacial score (nSPS) is 13.5. The lowest BCUT2D eigenvalue weighted by Gasteiger charge is -2.20. The first-order chi connectivity index (χ1) is 8.88. The van der Waals surface area contributed by atoms with E-state index in [0.29, 0.717) is 10.2 Å². The standard InChI is InChI=1S/C11H14BrN3O4/c1-6(11(16)19-3)7(2)14-10-8(12)4-13-5-9(10)15(17)18/h4-7H,1-3H3,(H,13,14)/t6-,7?/m1/s1. The lowest BCUT2D eigenvalue weighted by atomic mass is 10.0. The topological polar surface area (TPSA) is 94.4 Å². The van der Waals surface area contributed by atoms with E-state index in [2.05, 4.69) is 31.0 Å². The average Bonchev–Trinajstić information content (AvgIpc) is 2.38. The molecular formula is C11H14BrN3O4. The number of halogens is 1. The van der Waals surface area contributed by atoms with E-state index in [1.807, 2.05) is 0 Å². The number of esters is 1. The van der Waals surface area contributed by atoms with Gasteiger partial charge in [0.15, 0.2) is 0 Å². The first-order valence-corrected chi connectivity index (χ1v) is 6.30. The number of nitrogens with one attached hydrogen (secondary N) is 1. The Balaban J connectivity index is 2.99. The van der Waals surface area contributed by atoms with Crippen LogP contribution in [0, 0.1) is 16.0 Å². The molecule has 1 rings (SSSR count). The van der Waals surface area contributed by atoms with Crippen LogP contribution < -0.4 is 5.32 Å². The summed E-state index contributed by atoms with van der Waals surface area (Å²) in [6.45, 7) is 3.43. The third-order valence-electron chi connectivity index (χ3n) is 2.77. The molecule has 0 saturated carbocycles. The van der Waals surface area contributed by atoms with Crippen LogP contribution in [0.4, 0.5) is 11.4 Å². The van der Waals surface area contributed by atoms with Crippen molar-refractivity contribution in [3.05, 3.63) is 27.0 Å². The summed E-state index contributed by atoms with van der Waals surface area (Å²) in [6, 6.07) is -0.329. The average molecular weight is 332 g/mol. The van der Waals surface area contributed by atoms with E-state index in [4.69, 9.17) is 0 Å². The molecular weight excluding hydrogens is 318 g/mol. The molecule has 104 valence electrons. The van der Waals surface area contributed by atoms with Crippen molar-refractivity contribution in [2.75, 3.05) is 12.4 Å². The zero-order valence-corrected chi connectivity index (χ0v) is 12.3. The summed E-state index contributed by atoms with van der Waals surface area (Å²) < 4.78 is 5.11. The minimum Gasteiger partial charge on any atom is -0.469 e. The number of carbonyl (C=O) groups excluding carboxylic acids is 1. The Morgan fingerprint density at radius 3 is 2.68 bits per heavy atom. The molecule has 8 heteroatoms. The summed E-state index contributed by atoms with van der Waals surface area (Å²) in [7, 11) is 1.30. The van der Waals surface area contributed by atoms with Crippen molar-refractivity contribution in [2.45, 2.75) is 19.9 Å². The molecule has 0 aliphatic rings. The zero-order valence-electron chi connectivity index (χ0n) is 10.7. The highest BCUT2D eigenvalue weighted by Gasteiger charge is 2.25. The summed E-state index contributed by atoms with van der Waals surface area (Å²) in [5, 5.41) is 13.9. The van der Waals surface area contributed by atoms with Gasteiger partial charge in [0, 0.05) is 12.2 Å². The highest BCUT2D eigenvalue weighted by Crippen LogP contribution is 2.32. The highest BCUT2D eigenvalue weighted by atomic mass is 79.9. The third-order valence-corrected chi connectivity index (χ3v) is 3.37. The van der Waals surface area contributed by atoms with Crippen LogP contribution in [0.25, 0.3) is 0 Å². The molecule has 1 N–H and O–H groups in total. The first kappa shape index (κ1) is 15.4. The number of carbonyl (C=O) groups is 1. The van der Waals surface area contributed by atoms with Crippen molar-refractivity contribution in [1.82, 2.24) is 4.98 Å². The molecule has 0 spiro atoms. The van der Waals surface area contributed by atoms with Gasteiger partial charge in [-0.05, 0) is 29.8 Å². The van der Waals surface area contributed by atoms with Crippen molar-refractivity contribution >= 4 is 33.3 Å². The Kier molecular flexibility index (Phi) is 5.22. The summed E-state index contributed by atoms with van der Waals surface area (Å²) >= 11 is 3.20. The number of hydrogen-bond acceptors (Lipinski definition) is 6. The lowest BCUT2D eigenvalue weighted by Crippen LogP contribution is -2.31. The molecule has 1 heterocycles. The number of pyridine rings is 1. The monoisotopic (exact) mass is 331 g/mol. The van der Waals surface area contributed by atoms with Crippen molar-refractivity contribution < 1.29 is 14.5 Å². The third kappa shape index (κ3) is 3.63. The maximum absolute atomic E-state index is 11.4. The van der Waals surface area contributed by atoms with Gasteiger partial charge in [0.1, 0.15) is 11.9 Å². The van der Waals surface area contributed by atoms with E-state index in [0.717, 1.165) is 6.20 Å². The largest absolute Gasteiger partial charge is 0.469 e. The van der Waals surface area contributed by atoms with Crippen LogP contribution in [0.1, 0.15) is 13.8 Å². The fraction of sp³-hybridized carbons (Fsp3) is 0.455. The van der Waals surface area contributed by atoms with Crippen LogP contribution >= 0.6 is 15.9 Å². The number of anilines is 1. The molecule has 2 atom stereocenters. The van der Waals surface area contributed by atoms with Crippen LogP contribution in [0.15, 0.2) is 16.9 Å². The second-order valence-corrected chi connectivity index (χ2v) is 4.87. The van der Waals surface area contributed by atoms with Gasteiger partial charge in [-0.1, -0.05) is 0 Å². The number of methoxy groups -OCH3 is 1. The minimum absolute atomic E-state index is 0.154. The van der Waals surface area contributed by atoms with Crippen LogP contribution in [0.2, 0.25) is 0 Å². The van der Waals surface area contributed by atoms with E-state index in [-0.39, 0.29) is 17.7 Å². The Labute approximate surface area is 118 Å². The second kappa shape index (κ2) is 6.46. The molecule has 0 fully saturated rings. The quantitative estimate of drug-likeness (QED) is 0.505. The maximum atomic E-state index is 11.4. The molecule has 19 heavy (non-hydrogen) atoms. The number of rotatable bonds is 5. The maximum Gasteiger partial charge on any atom is 0.311 e. The summed E-state index contributed by atoms with van der Waals surface area (Å²) in [4.78, 5) is 25.6. The van der Waals surface area contributed by atoms with Gasteiger partial charge < -0.3 is 10.1 Å². The minimum atomic E-state index is -0.532.